The number of benzene rings is 1. The van der Waals surface area contributed by atoms with Gasteiger partial charge in [-0.2, -0.15) is 13.2 Å². The predicted molar refractivity (Wildman–Crippen MR) is 103 cm³/mol. The molecule has 2 aliphatic rings. The fourth-order valence-corrected chi connectivity index (χ4v) is 3.81. The van der Waals surface area contributed by atoms with Crippen LogP contribution in [-0.4, -0.2) is 63.4 Å². The van der Waals surface area contributed by atoms with E-state index in [4.69, 9.17) is 42.6 Å². The first-order valence-corrected chi connectivity index (χ1v) is 10.1. The Hall–Kier alpha value is -2.93. The zero-order valence-electron chi connectivity index (χ0n) is 16.8. The molecule has 0 amide bonds. The van der Waals surface area contributed by atoms with Crippen LogP contribution in [0.15, 0.2) is 23.0 Å². The third kappa shape index (κ3) is 5.53. The predicted octanol–water partition coefficient (Wildman–Crippen LogP) is 3.84. The molecule has 10 nitrogen and oxygen atoms in total. The highest BCUT2D eigenvalue weighted by molar-refractivity contribution is 6.36. The number of carbonyl (C=O) groups is 2. The molecule has 0 saturated carbocycles. The number of carboxylic acid groups (broad SMARTS) is 1. The number of ether oxygens (including phenoxy) is 2. The van der Waals surface area contributed by atoms with Crippen molar-refractivity contribution >= 4 is 41.2 Å². The van der Waals surface area contributed by atoms with Crippen molar-refractivity contribution in [3.63, 3.8) is 0 Å². The average molecular weight is 515 g/mol. The standard InChI is InChI=1S/C18H16Cl2F3N3O7/c1-8(33-24-26(30)25-4-2-3-13(25)16(27)28)31-17(29)11-6-9-5-10(19)7-12(20)14(9)32-15(11)18(21,22)23/h5-8,13,15H,2-4H2,1H3,(H-,24,27,28,30)/p+1/t8?,13-,15-/m0/s1. The Labute approximate surface area is 194 Å². The lowest BCUT2D eigenvalue weighted by Gasteiger charge is -2.28. The largest absolute Gasteiger partial charge is 0.480 e. The molecule has 1 saturated heterocycles. The number of alkyl halides is 3. The van der Waals surface area contributed by atoms with Crippen LogP contribution >= 0.6 is 23.2 Å². The minimum absolute atomic E-state index is 0.0356. The van der Waals surface area contributed by atoms with Gasteiger partial charge in [0.1, 0.15) is 5.75 Å². The lowest BCUT2D eigenvalue weighted by molar-refractivity contribution is -0.942. The summed E-state index contributed by atoms with van der Waals surface area (Å²) >= 11 is 11.8. The first kappa shape index (κ1) is 24.7. The molecule has 15 heteroatoms. The molecule has 2 N–H and O–H groups in total. The van der Waals surface area contributed by atoms with E-state index in [0.29, 0.717) is 6.42 Å². The number of nitrogens with zero attached hydrogens (tertiary/aromatic N) is 3. The molecular formula is C18H17Cl2F3N3O7+. The summed E-state index contributed by atoms with van der Waals surface area (Å²) in [5.74, 6) is -2.92. The van der Waals surface area contributed by atoms with Gasteiger partial charge in [-0.3, -0.25) is 4.84 Å². The van der Waals surface area contributed by atoms with E-state index in [1.165, 1.54) is 12.1 Å². The van der Waals surface area contributed by atoms with Gasteiger partial charge in [0, 0.05) is 17.5 Å². The summed E-state index contributed by atoms with van der Waals surface area (Å²) in [6, 6.07) is 1.41. The van der Waals surface area contributed by atoms with Gasteiger partial charge in [0.15, 0.2) is 6.04 Å². The summed E-state index contributed by atoms with van der Waals surface area (Å²) in [5, 5.41) is 23.1. The highest BCUT2D eigenvalue weighted by Crippen LogP contribution is 2.42. The summed E-state index contributed by atoms with van der Waals surface area (Å²) in [6.07, 6.45) is -7.59. The van der Waals surface area contributed by atoms with E-state index in [9.17, 15) is 28.0 Å². The molecule has 180 valence electrons. The van der Waals surface area contributed by atoms with Gasteiger partial charge in [0.25, 0.3) is 16.5 Å². The first-order valence-electron chi connectivity index (χ1n) is 9.38. The highest BCUT2D eigenvalue weighted by atomic mass is 35.5. The highest BCUT2D eigenvalue weighted by Gasteiger charge is 2.49. The minimum Gasteiger partial charge on any atom is -0.480 e. The lowest BCUT2D eigenvalue weighted by atomic mass is 10.0. The first-order chi connectivity index (χ1) is 15.4. The third-order valence-electron chi connectivity index (χ3n) is 4.68. The Bertz CT molecular complexity index is 1020. The van der Waals surface area contributed by atoms with Crippen molar-refractivity contribution in [1.82, 2.24) is 5.01 Å². The molecule has 2 aliphatic heterocycles. The van der Waals surface area contributed by atoms with Gasteiger partial charge in [-0.05, 0) is 31.1 Å². The Kier molecular flexibility index (Phi) is 7.12. The molecule has 1 unspecified atom stereocenters. The van der Waals surface area contributed by atoms with Crippen LogP contribution in [-0.2, 0) is 19.2 Å². The van der Waals surface area contributed by atoms with E-state index in [1.807, 2.05) is 0 Å². The lowest BCUT2D eigenvalue weighted by Crippen LogP contribution is -2.42. The monoisotopic (exact) mass is 514 g/mol. The molecule has 0 aliphatic carbocycles. The van der Waals surface area contributed by atoms with E-state index in [1.54, 1.807) is 0 Å². The molecule has 0 aromatic heterocycles. The summed E-state index contributed by atoms with van der Waals surface area (Å²) in [5.41, 5.74) is -0.858. The van der Waals surface area contributed by atoms with Crippen LogP contribution in [0.4, 0.5) is 13.2 Å². The van der Waals surface area contributed by atoms with Crippen LogP contribution in [0.25, 0.3) is 6.08 Å². The second kappa shape index (κ2) is 9.51. The Morgan fingerprint density at radius 2 is 2.06 bits per heavy atom. The van der Waals surface area contributed by atoms with Crippen molar-refractivity contribution in [3.8, 4) is 5.75 Å². The maximum Gasteiger partial charge on any atom is 0.430 e. The van der Waals surface area contributed by atoms with E-state index < -0.39 is 42.1 Å². The zero-order valence-corrected chi connectivity index (χ0v) is 18.3. The summed E-state index contributed by atoms with van der Waals surface area (Å²) in [7, 11) is 0. The zero-order chi connectivity index (χ0) is 24.5. The van der Waals surface area contributed by atoms with Gasteiger partial charge in [-0.1, -0.05) is 28.2 Å². The molecule has 1 fully saturated rings. The van der Waals surface area contributed by atoms with Gasteiger partial charge >= 0.3 is 18.1 Å². The number of carbonyl (C=O) groups excluding carboxylic acids is 1. The van der Waals surface area contributed by atoms with Crippen LogP contribution in [0.1, 0.15) is 25.3 Å². The third-order valence-corrected chi connectivity index (χ3v) is 5.18. The number of carboxylic acids is 1. The number of hydrogen-bond acceptors (Lipinski definition) is 6. The molecule has 1 aromatic rings. The van der Waals surface area contributed by atoms with E-state index in [2.05, 4.69) is 5.28 Å². The average Bonchev–Trinajstić information content (AvgIpc) is 3.20. The molecule has 0 spiro atoms. The van der Waals surface area contributed by atoms with Crippen molar-refractivity contribution in [2.75, 3.05) is 6.54 Å². The second-order valence-corrected chi connectivity index (χ2v) is 7.88. The van der Waals surface area contributed by atoms with Crippen LogP contribution in [0.3, 0.4) is 0 Å². The normalized spacial score (nSPS) is 21.6. The van der Waals surface area contributed by atoms with Gasteiger partial charge in [0.2, 0.25) is 6.10 Å². The maximum absolute atomic E-state index is 13.5. The number of esters is 1. The molecule has 0 bridgehead atoms. The van der Waals surface area contributed by atoms with Gasteiger partial charge < -0.3 is 14.6 Å². The van der Waals surface area contributed by atoms with E-state index >= 15 is 0 Å². The fraction of sp³-hybridized carbons (Fsp3) is 0.444. The molecule has 2 heterocycles. The van der Waals surface area contributed by atoms with Crippen molar-refractivity contribution < 1.29 is 52.4 Å². The van der Waals surface area contributed by atoms with Crippen molar-refractivity contribution in [2.45, 2.75) is 44.4 Å². The number of hydrogen-bond donors (Lipinski definition) is 2. The van der Waals surface area contributed by atoms with E-state index in [-0.39, 0.29) is 39.3 Å². The molecule has 3 atom stereocenters. The summed E-state index contributed by atoms with van der Waals surface area (Å²) in [4.78, 5) is 28.5. The van der Waals surface area contributed by atoms with Gasteiger partial charge in [0.05, 0.1) is 17.1 Å². The van der Waals surface area contributed by atoms with Crippen molar-refractivity contribution in [3.05, 3.63) is 33.3 Å². The van der Waals surface area contributed by atoms with Crippen molar-refractivity contribution in [2.24, 2.45) is 5.28 Å². The molecule has 3 rings (SSSR count). The van der Waals surface area contributed by atoms with Crippen molar-refractivity contribution in [1.29, 1.82) is 0 Å². The van der Waals surface area contributed by atoms with Crippen LogP contribution in [0.2, 0.25) is 10.0 Å². The maximum atomic E-state index is 13.5. The molecule has 0 radical (unpaired) electrons. The fourth-order valence-electron chi connectivity index (χ4n) is 3.26. The van der Waals surface area contributed by atoms with Crippen LogP contribution in [0.5, 0.6) is 5.75 Å². The van der Waals surface area contributed by atoms with Crippen LogP contribution in [0, 0.1) is 0 Å². The molecular weight excluding hydrogens is 498 g/mol. The second-order valence-electron chi connectivity index (χ2n) is 7.03. The smallest absolute Gasteiger partial charge is 0.430 e. The number of aliphatic carboxylic acids is 1. The number of hydrazine groups is 1. The summed E-state index contributed by atoms with van der Waals surface area (Å²) in [6.45, 7) is 1.29. The Morgan fingerprint density at radius 3 is 2.70 bits per heavy atom. The van der Waals surface area contributed by atoms with Gasteiger partial charge in [-0.15, -0.1) is 0 Å². The number of fused-ring (bicyclic) bond motifs is 1. The summed E-state index contributed by atoms with van der Waals surface area (Å²) < 4.78 is 50.4. The number of halogens is 5. The van der Waals surface area contributed by atoms with E-state index in [0.717, 1.165) is 18.0 Å². The SMILES string of the molecule is CC(O/N=[N+](\O)N1CCC[C@H]1C(=O)O)OC(=O)C1=Cc2cc(Cl)cc(Cl)c2O[C@@H]1C(F)(F)F. The van der Waals surface area contributed by atoms with Gasteiger partial charge in [-0.25, -0.2) is 14.8 Å². The topological polar surface area (TPSA) is 121 Å². The minimum atomic E-state index is -4.98. The quantitative estimate of drug-likeness (QED) is 0.193. The van der Waals surface area contributed by atoms with Crippen LogP contribution < -0.4 is 4.74 Å². The number of rotatable bonds is 6. The molecule has 33 heavy (non-hydrogen) atoms. The Balaban J connectivity index is 1.75. The Morgan fingerprint density at radius 1 is 1.36 bits per heavy atom. The molecule has 1 aromatic carbocycles.